The van der Waals surface area contributed by atoms with E-state index in [1.165, 1.54) is 0 Å². The molecule has 14 heavy (non-hydrogen) atoms. The molecule has 2 N–H and O–H groups in total. The van der Waals surface area contributed by atoms with Crippen LogP contribution in [0.15, 0.2) is 23.3 Å². The second-order valence-electron chi connectivity index (χ2n) is 2.75. The number of carbonyl (C=O) groups excluding carboxylic acids is 4. The van der Waals surface area contributed by atoms with Crippen LogP contribution in [-0.2, 0) is 19.2 Å². The van der Waals surface area contributed by atoms with Gasteiger partial charge in [0.2, 0.25) is 0 Å². The minimum absolute atomic E-state index is 0.0710. The van der Waals surface area contributed by atoms with E-state index in [0.717, 1.165) is 12.2 Å². The van der Waals surface area contributed by atoms with Gasteiger partial charge in [0, 0.05) is 12.2 Å². The maximum Gasteiger partial charge on any atom is 0.259 e. The Bertz CT molecular complexity index is 402. The molecule has 0 spiro atoms. The van der Waals surface area contributed by atoms with Gasteiger partial charge < -0.3 is 0 Å². The molecule has 0 aromatic rings. The number of hydrogen-bond acceptors (Lipinski definition) is 4. The minimum atomic E-state index is -0.661. The second kappa shape index (κ2) is 2.63. The van der Waals surface area contributed by atoms with Crippen molar-refractivity contribution in [2.75, 3.05) is 0 Å². The van der Waals surface area contributed by atoms with E-state index in [0.29, 0.717) is 0 Å². The van der Waals surface area contributed by atoms with Crippen molar-refractivity contribution in [3.05, 3.63) is 23.3 Å². The number of nitrogens with one attached hydrogen (secondary N) is 2. The first-order valence-electron chi connectivity index (χ1n) is 3.72. The Morgan fingerprint density at radius 3 is 1.29 bits per heavy atom. The van der Waals surface area contributed by atoms with Crippen LogP contribution in [0.1, 0.15) is 0 Å². The Morgan fingerprint density at radius 1 is 0.714 bits per heavy atom. The highest BCUT2D eigenvalue weighted by Gasteiger charge is 2.31. The molecule has 6 nitrogen and oxygen atoms in total. The molecular formula is C8H4N2O4. The van der Waals surface area contributed by atoms with Crippen molar-refractivity contribution in [2.45, 2.75) is 0 Å². The number of carbonyl (C=O) groups is 4. The molecule has 0 aliphatic carbocycles. The third kappa shape index (κ3) is 1.13. The van der Waals surface area contributed by atoms with E-state index in [-0.39, 0.29) is 11.1 Å². The zero-order valence-corrected chi connectivity index (χ0v) is 6.79. The van der Waals surface area contributed by atoms with Crippen LogP contribution in [0.4, 0.5) is 0 Å². The van der Waals surface area contributed by atoms with Crippen LogP contribution in [0.5, 0.6) is 0 Å². The number of hydrogen-bond donors (Lipinski definition) is 2. The highest BCUT2D eigenvalue weighted by Crippen LogP contribution is 2.17. The first-order chi connectivity index (χ1) is 6.58. The van der Waals surface area contributed by atoms with Gasteiger partial charge in [-0.1, -0.05) is 0 Å². The maximum absolute atomic E-state index is 11.1. The van der Waals surface area contributed by atoms with Crippen molar-refractivity contribution in [1.29, 1.82) is 0 Å². The molecule has 2 rings (SSSR count). The molecule has 4 amide bonds. The van der Waals surface area contributed by atoms with Gasteiger partial charge in [0.15, 0.2) is 0 Å². The van der Waals surface area contributed by atoms with Gasteiger partial charge in [0.1, 0.15) is 0 Å². The van der Waals surface area contributed by atoms with Crippen LogP contribution in [0, 0.1) is 0 Å². The average Bonchev–Trinajstić information content (AvgIpc) is 2.55. The molecule has 0 aromatic heterocycles. The van der Waals surface area contributed by atoms with Gasteiger partial charge in [-0.3, -0.25) is 29.8 Å². The molecule has 0 radical (unpaired) electrons. The minimum Gasteiger partial charge on any atom is -0.289 e. The van der Waals surface area contributed by atoms with E-state index in [4.69, 9.17) is 0 Å². The summed E-state index contributed by atoms with van der Waals surface area (Å²) in [5.41, 5.74) is -0.142. The second-order valence-corrected chi connectivity index (χ2v) is 2.75. The molecule has 0 aromatic carbocycles. The molecule has 2 heterocycles. The Balaban J connectivity index is 2.42. The van der Waals surface area contributed by atoms with Gasteiger partial charge in [0.25, 0.3) is 23.6 Å². The standard InChI is InChI=1S/C8H4N2O4/c11-5-1-3(7(13)9-5)4-2-6(12)10-8(4)14/h1-2H,(H,9,11,13)(H,10,12,14). The fraction of sp³-hybridized carbons (Fsp3) is 0. The normalized spacial score (nSPS) is 20.6. The van der Waals surface area contributed by atoms with Gasteiger partial charge >= 0.3 is 0 Å². The SMILES string of the molecule is O=C1C=C(C2=CC(=O)NC2=O)C(=O)N1. The summed E-state index contributed by atoms with van der Waals surface area (Å²) in [6.45, 7) is 0. The number of imide groups is 2. The number of rotatable bonds is 1. The molecule has 70 valence electrons. The van der Waals surface area contributed by atoms with Crippen molar-refractivity contribution in [1.82, 2.24) is 10.6 Å². The summed E-state index contributed by atoms with van der Waals surface area (Å²) in [4.78, 5) is 43.7. The summed E-state index contributed by atoms with van der Waals surface area (Å²) in [6, 6.07) is 0. The molecule has 0 saturated carbocycles. The van der Waals surface area contributed by atoms with Crippen LogP contribution >= 0.6 is 0 Å². The molecule has 0 saturated heterocycles. The van der Waals surface area contributed by atoms with E-state index in [1.54, 1.807) is 0 Å². The van der Waals surface area contributed by atoms with Gasteiger partial charge in [0.05, 0.1) is 11.1 Å². The predicted octanol–water partition coefficient (Wildman–Crippen LogP) is -1.85. The van der Waals surface area contributed by atoms with Crippen LogP contribution < -0.4 is 10.6 Å². The van der Waals surface area contributed by atoms with Crippen LogP contribution in [0.25, 0.3) is 0 Å². The van der Waals surface area contributed by atoms with Gasteiger partial charge in [-0.05, 0) is 0 Å². The summed E-state index contributed by atoms with van der Waals surface area (Å²) in [6.07, 6.45) is 1.98. The summed E-state index contributed by atoms with van der Waals surface area (Å²) in [5, 5.41) is 3.95. The highest BCUT2D eigenvalue weighted by molar-refractivity contribution is 6.28. The van der Waals surface area contributed by atoms with E-state index in [2.05, 4.69) is 0 Å². The van der Waals surface area contributed by atoms with Crippen molar-refractivity contribution >= 4 is 23.6 Å². The third-order valence-corrected chi connectivity index (χ3v) is 1.80. The lowest BCUT2D eigenvalue weighted by molar-refractivity contribution is -0.126. The van der Waals surface area contributed by atoms with Crippen molar-refractivity contribution in [3.8, 4) is 0 Å². The maximum atomic E-state index is 11.1. The lowest BCUT2D eigenvalue weighted by atomic mass is 10.1. The number of amides is 4. The first kappa shape index (κ1) is 8.36. The Morgan fingerprint density at radius 2 is 1.07 bits per heavy atom. The van der Waals surface area contributed by atoms with Gasteiger partial charge in [-0.2, -0.15) is 0 Å². The lowest BCUT2D eigenvalue weighted by Crippen LogP contribution is -2.26. The van der Waals surface area contributed by atoms with Gasteiger partial charge in [-0.25, -0.2) is 0 Å². The van der Waals surface area contributed by atoms with Crippen molar-refractivity contribution in [3.63, 3.8) is 0 Å². The molecular weight excluding hydrogens is 188 g/mol. The molecule has 0 fully saturated rings. The van der Waals surface area contributed by atoms with Crippen LogP contribution in [0.3, 0.4) is 0 Å². The van der Waals surface area contributed by atoms with E-state index >= 15 is 0 Å². The fourth-order valence-corrected chi connectivity index (χ4v) is 1.22. The molecule has 2 aliphatic heterocycles. The summed E-state index contributed by atoms with van der Waals surface area (Å²) in [5.74, 6) is -2.49. The first-order valence-corrected chi connectivity index (χ1v) is 3.72. The summed E-state index contributed by atoms with van der Waals surface area (Å²) >= 11 is 0. The zero-order chi connectivity index (χ0) is 10.3. The quantitative estimate of drug-likeness (QED) is 0.477. The molecule has 0 unspecified atom stereocenters. The Labute approximate surface area is 77.6 Å². The smallest absolute Gasteiger partial charge is 0.259 e. The van der Waals surface area contributed by atoms with E-state index in [1.807, 2.05) is 10.6 Å². The fourth-order valence-electron chi connectivity index (χ4n) is 1.22. The third-order valence-electron chi connectivity index (χ3n) is 1.80. The zero-order valence-electron chi connectivity index (χ0n) is 6.79. The van der Waals surface area contributed by atoms with Gasteiger partial charge in [-0.15, -0.1) is 0 Å². The highest BCUT2D eigenvalue weighted by atomic mass is 16.2. The molecule has 6 heteroatoms. The van der Waals surface area contributed by atoms with Crippen LogP contribution in [-0.4, -0.2) is 23.6 Å². The van der Waals surface area contributed by atoms with Crippen molar-refractivity contribution in [2.24, 2.45) is 0 Å². The van der Waals surface area contributed by atoms with E-state index in [9.17, 15) is 19.2 Å². The average molecular weight is 192 g/mol. The Kier molecular flexibility index (Phi) is 1.57. The Hall–Kier alpha value is -2.24. The topological polar surface area (TPSA) is 92.3 Å². The lowest BCUT2D eigenvalue weighted by Gasteiger charge is -1.96. The predicted molar refractivity (Wildman–Crippen MR) is 42.5 cm³/mol. The molecule has 0 bridgehead atoms. The van der Waals surface area contributed by atoms with Crippen molar-refractivity contribution < 1.29 is 19.2 Å². The van der Waals surface area contributed by atoms with E-state index < -0.39 is 23.6 Å². The molecule has 0 atom stereocenters. The summed E-state index contributed by atoms with van der Waals surface area (Å²) < 4.78 is 0. The molecule has 2 aliphatic rings. The largest absolute Gasteiger partial charge is 0.289 e. The summed E-state index contributed by atoms with van der Waals surface area (Å²) in [7, 11) is 0. The van der Waals surface area contributed by atoms with Crippen LogP contribution in [0.2, 0.25) is 0 Å². The monoisotopic (exact) mass is 192 g/mol.